The van der Waals surface area contributed by atoms with Crippen LogP contribution in [0.1, 0.15) is 13.3 Å². The van der Waals surface area contributed by atoms with E-state index in [1.165, 1.54) is 12.3 Å². The minimum absolute atomic E-state index is 0.130. The molecule has 1 aromatic heterocycles. The summed E-state index contributed by atoms with van der Waals surface area (Å²) >= 11 is 5.65. The van der Waals surface area contributed by atoms with Crippen LogP contribution in [-0.4, -0.2) is 29.3 Å². The van der Waals surface area contributed by atoms with E-state index in [-0.39, 0.29) is 12.0 Å². The highest BCUT2D eigenvalue weighted by Gasteiger charge is 2.26. The number of aliphatic hydroxyl groups excluding tert-OH is 1. The van der Waals surface area contributed by atoms with Crippen molar-refractivity contribution >= 4 is 17.4 Å². The van der Waals surface area contributed by atoms with Crippen molar-refractivity contribution in [1.29, 1.82) is 0 Å². The topological polar surface area (TPSA) is 36.4 Å². The second-order valence-corrected chi connectivity index (χ2v) is 4.67. The second kappa shape index (κ2) is 4.55. The average Bonchev–Trinajstić information content (AvgIpc) is 2.22. The van der Waals surface area contributed by atoms with Gasteiger partial charge in [0.15, 0.2) is 11.6 Å². The van der Waals surface area contributed by atoms with Gasteiger partial charge in [0, 0.05) is 19.3 Å². The Balaban J connectivity index is 2.18. The Labute approximate surface area is 98.9 Å². The molecule has 1 aromatic rings. The summed E-state index contributed by atoms with van der Waals surface area (Å²) in [4.78, 5) is 5.85. The summed E-state index contributed by atoms with van der Waals surface area (Å²) < 4.78 is 13.6. The molecule has 2 heterocycles. The highest BCUT2D eigenvalue weighted by Crippen LogP contribution is 2.25. The standard InChI is InChI=1S/C11H14ClFN2O/c1-7-6-15(3-2-10(7)16)11-9(13)4-8(12)5-14-11/h4-5,7,10,16H,2-3,6H2,1H3. The van der Waals surface area contributed by atoms with E-state index >= 15 is 0 Å². The van der Waals surface area contributed by atoms with E-state index in [4.69, 9.17) is 11.6 Å². The molecule has 2 atom stereocenters. The Morgan fingerprint density at radius 3 is 3.00 bits per heavy atom. The molecule has 3 nitrogen and oxygen atoms in total. The highest BCUT2D eigenvalue weighted by atomic mass is 35.5. The van der Waals surface area contributed by atoms with Gasteiger partial charge in [-0.3, -0.25) is 0 Å². The van der Waals surface area contributed by atoms with Crippen LogP contribution in [0.25, 0.3) is 0 Å². The molecule has 0 aliphatic carbocycles. The molecule has 0 radical (unpaired) electrons. The smallest absolute Gasteiger partial charge is 0.167 e. The summed E-state index contributed by atoms with van der Waals surface area (Å²) in [7, 11) is 0. The van der Waals surface area contributed by atoms with E-state index in [1.807, 2.05) is 11.8 Å². The number of hydrogen-bond acceptors (Lipinski definition) is 3. The lowest BCUT2D eigenvalue weighted by Crippen LogP contribution is -2.42. The zero-order chi connectivity index (χ0) is 11.7. The quantitative estimate of drug-likeness (QED) is 0.822. The van der Waals surface area contributed by atoms with Crippen LogP contribution in [0.4, 0.5) is 10.2 Å². The summed E-state index contributed by atoms with van der Waals surface area (Å²) in [5.41, 5.74) is 0. The summed E-state index contributed by atoms with van der Waals surface area (Å²) in [6, 6.07) is 1.26. The molecule has 0 spiro atoms. The van der Waals surface area contributed by atoms with Gasteiger partial charge in [-0.2, -0.15) is 0 Å². The number of aromatic nitrogens is 1. The molecule has 88 valence electrons. The van der Waals surface area contributed by atoms with Gasteiger partial charge in [0.2, 0.25) is 0 Å². The van der Waals surface area contributed by atoms with E-state index in [9.17, 15) is 9.50 Å². The predicted octanol–water partition coefficient (Wildman–Crippen LogP) is 2.08. The summed E-state index contributed by atoms with van der Waals surface area (Å²) in [6.45, 7) is 3.19. The predicted molar refractivity (Wildman–Crippen MR) is 61.2 cm³/mol. The van der Waals surface area contributed by atoms with Crippen molar-refractivity contribution in [2.24, 2.45) is 5.92 Å². The first kappa shape index (κ1) is 11.6. The molecular formula is C11H14ClFN2O. The van der Waals surface area contributed by atoms with Crippen LogP contribution in [0, 0.1) is 11.7 Å². The molecule has 1 fully saturated rings. The number of aliphatic hydroxyl groups is 1. The lowest BCUT2D eigenvalue weighted by atomic mass is 9.97. The second-order valence-electron chi connectivity index (χ2n) is 4.24. The summed E-state index contributed by atoms with van der Waals surface area (Å²) in [5, 5.41) is 9.89. The minimum Gasteiger partial charge on any atom is -0.393 e. The zero-order valence-corrected chi connectivity index (χ0v) is 9.78. The SMILES string of the molecule is CC1CN(c2ncc(Cl)cc2F)CCC1O. The Bertz CT molecular complexity index is 388. The monoisotopic (exact) mass is 244 g/mol. The highest BCUT2D eigenvalue weighted by molar-refractivity contribution is 6.30. The third-order valence-electron chi connectivity index (χ3n) is 2.95. The molecule has 0 aromatic carbocycles. The maximum Gasteiger partial charge on any atom is 0.167 e. The molecular weight excluding hydrogens is 231 g/mol. The van der Waals surface area contributed by atoms with E-state index in [1.54, 1.807) is 0 Å². The molecule has 0 amide bonds. The third-order valence-corrected chi connectivity index (χ3v) is 3.15. The maximum atomic E-state index is 13.6. The number of nitrogens with zero attached hydrogens (tertiary/aromatic N) is 2. The Kier molecular flexibility index (Phi) is 3.30. The number of hydrogen-bond donors (Lipinski definition) is 1. The van der Waals surface area contributed by atoms with Gasteiger partial charge in [-0.1, -0.05) is 18.5 Å². The fourth-order valence-electron chi connectivity index (χ4n) is 1.97. The van der Waals surface area contributed by atoms with E-state index < -0.39 is 5.82 Å². The van der Waals surface area contributed by atoms with Gasteiger partial charge < -0.3 is 10.0 Å². The fraction of sp³-hybridized carbons (Fsp3) is 0.545. The lowest BCUT2D eigenvalue weighted by Gasteiger charge is -2.35. The number of pyridine rings is 1. The molecule has 5 heteroatoms. The van der Waals surface area contributed by atoms with Gasteiger partial charge in [-0.15, -0.1) is 0 Å². The zero-order valence-electron chi connectivity index (χ0n) is 9.03. The summed E-state index contributed by atoms with van der Waals surface area (Å²) in [6.07, 6.45) is 1.78. The lowest BCUT2D eigenvalue weighted by molar-refractivity contribution is 0.0966. The fourth-order valence-corrected chi connectivity index (χ4v) is 2.11. The molecule has 1 N–H and O–H groups in total. The molecule has 1 aliphatic rings. The van der Waals surface area contributed by atoms with Gasteiger partial charge in [-0.05, 0) is 18.4 Å². The first-order valence-electron chi connectivity index (χ1n) is 5.32. The van der Waals surface area contributed by atoms with Crippen molar-refractivity contribution in [3.8, 4) is 0 Å². The van der Waals surface area contributed by atoms with Crippen molar-refractivity contribution < 1.29 is 9.50 Å². The van der Waals surface area contributed by atoms with Gasteiger partial charge in [0.25, 0.3) is 0 Å². The van der Waals surface area contributed by atoms with E-state index in [0.29, 0.717) is 30.4 Å². The largest absolute Gasteiger partial charge is 0.393 e. The first-order valence-corrected chi connectivity index (χ1v) is 5.70. The van der Waals surface area contributed by atoms with Crippen LogP contribution in [0.2, 0.25) is 5.02 Å². The van der Waals surface area contributed by atoms with Gasteiger partial charge in [0.05, 0.1) is 11.1 Å². The Morgan fingerprint density at radius 2 is 2.38 bits per heavy atom. The van der Waals surface area contributed by atoms with Crippen molar-refractivity contribution in [3.05, 3.63) is 23.1 Å². The van der Waals surface area contributed by atoms with Crippen LogP contribution >= 0.6 is 11.6 Å². The van der Waals surface area contributed by atoms with Crippen molar-refractivity contribution in [1.82, 2.24) is 4.98 Å². The van der Waals surface area contributed by atoms with E-state index in [0.717, 1.165) is 0 Å². The molecule has 1 saturated heterocycles. The van der Waals surface area contributed by atoms with Crippen molar-refractivity contribution in [2.75, 3.05) is 18.0 Å². The van der Waals surface area contributed by atoms with Gasteiger partial charge in [0.1, 0.15) is 0 Å². The van der Waals surface area contributed by atoms with Crippen molar-refractivity contribution in [2.45, 2.75) is 19.4 Å². The third kappa shape index (κ3) is 2.28. The number of rotatable bonds is 1. The molecule has 1 aliphatic heterocycles. The van der Waals surface area contributed by atoms with Gasteiger partial charge in [-0.25, -0.2) is 9.37 Å². The van der Waals surface area contributed by atoms with Gasteiger partial charge >= 0.3 is 0 Å². The average molecular weight is 245 g/mol. The Morgan fingerprint density at radius 1 is 1.62 bits per heavy atom. The van der Waals surface area contributed by atoms with E-state index in [2.05, 4.69) is 4.98 Å². The molecule has 0 saturated carbocycles. The molecule has 2 rings (SSSR count). The summed E-state index contributed by atoms with van der Waals surface area (Å²) in [5.74, 6) is 0.0462. The van der Waals surface area contributed by atoms with Crippen molar-refractivity contribution in [3.63, 3.8) is 0 Å². The minimum atomic E-state index is -0.406. The molecule has 16 heavy (non-hydrogen) atoms. The number of piperidine rings is 1. The number of anilines is 1. The normalized spacial score (nSPS) is 25.9. The Hall–Kier alpha value is -0.870. The van der Waals surface area contributed by atoms with Crippen LogP contribution in [-0.2, 0) is 0 Å². The first-order chi connectivity index (χ1) is 7.58. The van der Waals surface area contributed by atoms with Crippen LogP contribution < -0.4 is 4.90 Å². The van der Waals surface area contributed by atoms with Crippen LogP contribution in [0.15, 0.2) is 12.3 Å². The number of halogens is 2. The maximum absolute atomic E-state index is 13.6. The molecule has 0 bridgehead atoms. The van der Waals surface area contributed by atoms with Crippen LogP contribution in [0.5, 0.6) is 0 Å². The van der Waals surface area contributed by atoms with Crippen LogP contribution in [0.3, 0.4) is 0 Å². The molecule has 2 unspecified atom stereocenters.